The molecule has 5 nitrogen and oxygen atoms in total. The Morgan fingerprint density at radius 2 is 2.11 bits per heavy atom. The number of carbonyl (C=O) groups excluding carboxylic acids is 1. The van der Waals surface area contributed by atoms with Crippen molar-refractivity contribution in [2.24, 2.45) is 5.73 Å². The van der Waals surface area contributed by atoms with Crippen molar-refractivity contribution in [3.8, 4) is 0 Å². The molecule has 0 spiro atoms. The molecule has 102 valence electrons. The van der Waals surface area contributed by atoms with Crippen LogP contribution in [0.2, 0.25) is 0 Å². The van der Waals surface area contributed by atoms with Gasteiger partial charge in [-0.25, -0.2) is 4.79 Å². The van der Waals surface area contributed by atoms with E-state index >= 15 is 0 Å². The largest absolute Gasteiger partial charge is 0.467 e. The number of hydrogen-bond acceptors (Lipinski definition) is 4. The summed E-state index contributed by atoms with van der Waals surface area (Å²) in [6, 6.07) is 3.59. The lowest BCUT2D eigenvalue weighted by Crippen LogP contribution is -2.46. The number of nitrogens with two attached hydrogens (primary N) is 1. The van der Waals surface area contributed by atoms with E-state index in [0.29, 0.717) is 18.7 Å². The van der Waals surface area contributed by atoms with E-state index < -0.39 is 17.2 Å². The molecule has 0 fully saturated rings. The summed E-state index contributed by atoms with van der Waals surface area (Å²) < 4.78 is 10.6. The molecule has 3 N–H and O–H groups in total. The zero-order valence-electron chi connectivity index (χ0n) is 11.4. The van der Waals surface area contributed by atoms with E-state index in [1.807, 2.05) is 33.8 Å². The number of hydrogen-bond donors (Lipinski definition) is 2. The predicted octanol–water partition coefficient (Wildman–Crippen LogP) is 2.37. The van der Waals surface area contributed by atoms with Gasteiger partial charge in [-0.2, -0.15) is 0 Å². The molecular weight excluding hydrogens is 232 g/mol. The molecule has 0 radical (unpaired) electrons. The minimum absolute atomic E-state index is 0.437. The van der Waals surface area contributed by atoms with Crippen LogP contribution in [0.15, 0.2) is 22.8 Å². The van der Waals surface area contributed by atoms with E-state index in [2.05, 4.69) is 5.32 Å². The summed E-state index contributed by atoms with van der Waals surface area (Å²) in [5.74, 6) is 0.666. The Balaban J connectivity index is 2.78. The monoisotopic (exact) mass is 254 g/mol. The first-order chi connectivity index (χ1) is 8.27. The van der Waals surface area contributed by atoms with Crippen molar-refractivity contribution in [1.29, 1.82) is 0 Å². The van der Waals surface area contributed by atoms with Crippen LogP contribution in [0.25, 0.3) is 0 Å². The fraction of sp³-hybridized carbons (Fsp3) is 0.615. The van der Waals surface area contributed by atoms with Gasteiger partial charge in [-0.15, -0.1) is 0 Å². The van der Waals surface area contributed by atoms with Crippen LogP contribution in [0.3, 0.4) is 0 Å². The highest BCUT2D eigenvalue weighted by molar-refractivity contribution is 5.69. The zero-order chi connectivity index (χ0) is 13.8. The summed E-state index contributed by atoms with van der Waals surface area (Å²) >= 11 is 0. The van der Waals surface area contributed by atoms with Crippen molar-refractivity contribution in [2.75, 3.05) is 6.54 Å². The highest BCUT2D eigenvalue weighted by Crippen LogP contribution is 2.25. The molecule has 1 amide bonds. The van der Waals surface area contributed by atoms with Crippen molar-refractivity contribution < 1.29 is 13.9 Å². The van der Waals surface area contributed by atoms with Crippen LogP contribution < -0.4 is 11.1 Å². The summed E-state index contributed by atoms with van der Waals surface area (Å²) in [6.07, 6.45) is 1.66. The normalized spacial score (nSPS) is 14.9. The SMILES string of the molecule is CC(C)(C)OC(=O)NC(C)(CCN)c1ccco1. The second kappa shape index (κ2) is 5.44. The molecule has 1 atom stereocenters. The predicted molar refractivity (Wildman–Crippen MR) is 69.1 cm³/mol. The first kappa shape index (κ1) is 14.6. The summed E-state index contributed by atoms with van der Waals surface area (Å²) in [5, 5.41) is 2.82. The number of furan rings is 1. The fourth-order valence-corrected chi connectivity index (χ4v) is 1.66. The lowest BCUT2D eigenvalue weighted by Gasteiger charge is -2.30. The summed E-state index contributed by atoms with van der Waals surface area (Å²) in [4.78, 5) is 11.8. The topological polar surface area (TPSA) is 77.5 Å². The molecular formula is C13H22N2O3. The lowest BCUT2D eigenvalue weighted by molar-refractivity contribution is 0.0443. The Labute approximate surface area is 108 Å². The molecule has 0 aliphatic carbocycles. The van der Waals surface area contributed by atoms with Crippen molar-refractivity contribution >= 4 is 6.09 Å². The Morgan fingerprint density at radius 3 is 2.56 bits per heavy atom. The van der Waals surface area contributed by atoms with Crippen LogP contribution in [0, 0.1) is 0 Å². The Morgan fingerprint density at radius 1 is 1.44 bits per heavy atom. The van der Waals surface area contributed by atoms with Crippen molar-refractivity contribution in [3.05, 3.63) is 24.2 Å². The third-order valence-electron chi connectivity index (χ3n) is 2.49. The molecule has 1 rings (SSSR count). The molecule has 5 heteroatoms. The quantitative estimate of drug-likeness (QED) is 0.864. The van der Waals surface area contributed by atoms with Gasteiger partial charge in [0.05, 0.1) is 11.8 Å². The average Bonchev–Trinajstić information content (AvgIpc) is 2.66. The number of amides is 1. The average molecular weight is 254 g/mol. The standard InChI is InChI=1S/C13H22N2O3/c1-12(2,3)18-11(16)15-13(4,7-8-14)10-6-5-9-17-10/h5-6,9H,7-8,14H2,1-4H3,(H,15,16). The molecule has 0 aromatic carbocycles. The molecule has 1 aromatic rings. The van der Waals surface area contributed by atoms with Gasteiger partial charge in [0.1, 0.15) is 11.4 Å². The van der Waals surface area contributed by atoms with Crippen LogP contribution in [0.4, 0.5) is 4.79 Å². The number of ether oxygens (including phenoxy) is 1. The third kappa shape index (κ3) is 4.07. The van der Waals surface area contributed by atoms with Gasteiger partial charge in [0, 0.05) is 0 Å². The van der Waals surface area contributed by atoms with Crippen molar-refractivity contribution in [1.82, 2.24) is 5.32 Å². The van der Waals surface area contributed by atoms with Gasteiger partial charge in [0.15, 0.2) is 0 Å². The van der Waals surface area contributed by atoms with E-state index in [1.54, 1.807) is 12.3 Å². The zero-order valence-corrected chi connectivity index (χ0v) is 11.4. The number of rotatable bonds is 4. The van der Waals surface area contributed by atoms with Crippen molar-refractivity contribution in [3.63, 3.8) is 0 Å². The fourth-order valence-electron chi connectivity index (χ4n) is 1.66. The molecule has 1 heterocycles. The third-order valence-corrected chi connectivity index (χ3v) is 2.49. The Hall–Kier alpha value is -1.49. The van der Waals surface area contributed by atoms with Gasteiger partial charge in [-0.05, 0) is 52.8 Å². The highest BCUT2D eigenvalue weighted by atomic mass is 16.6. The van der Waals surface area contributed by atoms with Gasteiger partial charge in [-0.1, -0.05) is 0 Å². The van der Waals surface area contributed by atoms with Gasteiger partial charge >= 0.3 is 6.09 Å². The van der Waals surface area contributed by atoms with Gasteiger partial charge in [0.25, 0.3) is 0 Å². The number of alkyl carbamates (subject to hydrolysis) is 1. The van der Waals surface area contributed by atoms with Crippen LogP contribution in [0.1, 0.15) is 39.9 Å². The van der Waals surface area contributed by atoms with E-state index in [9.17, 15) is 4.79 Å². The summed E-state index contributed by atoms with van der Waals surface area (Å²) in [7, 11) is 0. The smallest absolute Gasteiger partial charge is 0.408 e. The van der Waals surface area contributed by atoms with Gasteiger partial charge in [-0.3, -0.25) is 0 Å². The summed E-state index contributed by atoms with van der Waals surface area (Å²) in [6.45, 7) is 7.76. The van der Waals surface area contributed by atoms with Crippen LogP contribution in [-0.4, -0.2) is 18.2 Å². The lowest BCUT2D eigenvalue weighted by atomic mass is 9.95. The van der Waals surface area contributed by atoms with E-state index in [-0.39, 0.29) is 0 Å². The van der Waals surface area contributed by atoms with E-state index in [1.165, 1.54) is 0 Å². The molecule has 0 saturated carbocycles. The van der Waals surface area contributed by atoms with E-state index in [4.69, 9.17) is 14.9 Å². The van der Waals surface area contributed by atoms with Crippen LogP contribution in [-0.2, 0) is 10.3 Å². The maximum absolute atomic E-state index is 11.8. The molecule has 0 saturated heterocycles. The highest BCUT2D eigenvalue weighted by Gasteiger charge is 2.32. The second-order valence-corrected chi connectivity index (χ2v) is 5.47. The minimum atomic E-state index is -0.652. The first-order valence-corrected chi connectivity index (χ1v) is 6.02. The number of carbonyl (C=O) groups is 1. The molecule has 0 bridgehead atoms. The minimum Gasteiger partial charge on any atom is -0.467 e. The van der Waals surface area contributed by atoms with Crippen LogP contribution in [0.5, 0.6) is 0 Å². The van der Waals surface area contributed by atoms with Crippen molar-refractivity contribution in [2.45, 2.75) is 45.3 Å². The molecule has 18 heavy (non-hydrogen) atoms. The first-order valence-electron chi connectivity index (χ1n) is 6.02. The van der Waals surface area contributed by atoms with Crippen LogP contribution >= 0.6 is 0 Å². The van der Waals surface area contributed by atoms with Gasteiger partial charge < -0.3 is 20.2 Å². The second-order valence-electron chi connectivity index (χ2n) is 5.47. The summed E-state index contributed by atoms with van der Waals surface area (Å²) in [5.41, 5.74) is 4.41. The maximum atomic E-state index is 11.8. The van der Waals surface area contributed by atoms with E-state index in [0.717, 1.165) is 0 Å². The molecule has 0 aliphatic heterocycles. The maximum Gasteiger partial charge on any atom is 0.408 e. The molecule has 1 unspecified atom stereocenters. The Bertz CT molecular complexity index is 381. The van der Waals surface area contributed by atoms with Gasteiger partial charge in [0.2, 0.25) is 0 Å². The molecule has 0 aliphatic rings. The molecule has 1 aromatic heterocycles. The number of nitrogens with one attached hydrogen (secondary N) is 1. The Kier molecular flexibility index (Phi) is 4.40.